The van der Waals surface area contributed by atoms with Crippen LogP contribution >= 0.6 is 0 Å². The summed E-state index contributed by atoms with van der Waals surface area (Å²) in [6.07, 6.45) is 0.446. The van der Waals surface area contributed by atoms with E-state index in [1.807, 2.05) is 52.8 Å². The summed E-state index contributed by atoms with van der Waals surface area (Å²) in [5, 5.41) is 0. The lowest BCUT2D eigenvalue weighted by Gasteiger charge is -1.96. The van der Waals surface area contributed by atoms with Crippen molar-refractivity contribution in [3.8, 4) is 0 Å². The summed E-state index contributed by atoms with van der Waals surface area (Å²) in [5.41, 5.74) is 1.82. The minimum Gasteiger partial charge on any atom is -0.300 e. The van der Waals surface area contributed by atoms with Gasteiger partial charge in [0.05, 0.1) is 0 Å². The molecule has 0 amide bonds. The third-order valence-corrected chi connectivity index (χ3v) is 1.38. The van der Waals surface area contributed by atoms with Gasteiger partial charge < -0.3 is 0 Å². The second-order valence-electron chi connectivity index (χ2n) is 2.65. The Morgan fingerprint density at radius 2 is 1.73 bits per heavy atom. The van der Waals surface area contributed by atoms with Gasteiger partial charge in [0.1, 0.15) is 5.78 Å². The summed E-state index contributed by atoms with van der Waals surface area (Å²) in [6, 6.07) is 5.71. The molecule has 1 rings (SSSR count). The molecular formula is C13H23NO. The van der Waals surface area contributed by atoms with Gasteiger partial charge in [0.2, 0.25) is 0 Å². The number of pyridine rings is 1. The smallest absolute Gasteiger partial charge is 0.135 e. The maximum atomic E-state index is 10.7. The topological polar surface area (TPSA) is 30.0 Å². The minimum atomic E-state index is 0.156. The normalized spacial score (nSPS) is 7.87. The molecule has 0 N–H and O–H groups in total. The number of Topliss-reactive ketones (excluding diaryl/α,β-unsaturated/α-hetero) is 1. The van der Waals surface area contributed by atoms with Crippen molar-refractivity contribution < 1.29 is 4.79 Å². The first-order valence-electron chi connectivity index (χ1n) is 5.60. The molecule has 0 radical (unpaired) electrons. The van der Waals surface area contributed by atoms with Crippen LogP contribution in [0.15, 0.2) is 18.2 Å². The van der Waals surface area contributed by atoms with Crippen molar-refractivity contribution in [2.45, 2.75) is 48.0 Å². The first kappa shape index (κ1) is 16.3. The second kappa shape index (κ2) is 10.9. The predicted molar refractivity (Wildman–Crippen MR) is 66.1 cm³/mol. The standard InChI is InChI=1S/C9H11NO.2C2H6/c1-7-4-3-5-9(10-7)6-8(2)11;2*1-2/h3-5H,6H2,1-2H3;2*1-2H3. The minimum absolute atomic E-state index is 0.156. The van der Waals surface area contributed by atoms with Crippen molar-refractivity contribution in [1.82, 2.24) is 4.98 Å². The molecule has 2 heteroatoms. The van der Waals surface area contributed by atoms with E-state index in [2.05, 4.69) is 4.98 Å². The Kier molecular flexibility index (Phi) is 11.8. The number of hydrogen-bond acceptors (Lipinski definition) is 2. The van der Waals surface area contributed by atoms with Crippen molar-refractivity contribution in [1.29, 1.82) is 0 Å². The highest BCUT2D eigenvalue weighted by Crippen LogP contribution is 1.98. The monoisotopic (exact) mass is 209 g/mol. The average Bonchev–Trinajstić information content (AvgIpc) is 2.23. The van der Waals surface area contributed by atoms with E-state index in [-0.39, 0.29) is 5.78 Å². The maximum absolute atomic E-state index is 10.7. The van der Waals surface area contributed by atoms with Crippen LogP contribution in [0.4, 0.5) is 0 Å². The van der Waals surface area contributed by atoms with Crippen molar-refractivity contribution in [2.24, 2.45) is 0 Å². The van der Waals surface area contributed by atoms with Crippen molar-refractivity contribution in [3.05, 3.63) is 29.6 Å². The SMILES string of the molecule is CC.CC.CC(=O)Cc1cccc(C)n1. The van der Waals surface area contributed by atoms with E-state index in [4.69, 9.17) is 0 Å². The van der Waals surface area contributed by atoms with Crippen LogP contribution < -0.4 is 0 Å². The Balaban J connectivity index is 0. The molecule has 0 aliphatic carbocycles. The van der Waals surface area contributed by atoms with E-state index < -0.39 is 0 Å². The summed E-state index contributed by atoms with van der Waals surface area (Å²) >= 11 is 0. The summed E-state index contributed by atoms with van der Waals surface area (Å²) in [4.78, 5) is 14.9. The predicted octanol–water partition coefficient (Wildman–Crippen LogP) is 3.57. The number of rotatable bonds is 2. The number of aromatic nitrogens is 1. The molecule has 15 heavy (non-hydrogen) atoms. The molecule has 2 nitrogen and oxygen atoms in total. The van der Waals surface area contributed by atoms with Gasteiger partial charge in [-0.05, 0) is 26.0 Å². The molecule has 86 valence electrons. The van der Waals surface area contributed by atoms with Gasteiger partial charge in [-0.25, -0.2) is 0 Å². The van der Waals surface area contributed by atoms with Crippen LogP contribution in [0, 0.1) is 6.92 Å². The highest BCUT2D eigenvalue weighted by Gasteiger charge is 1.97. The third-order valence-electron chi connectivity index (χ3n) is 1.38. The highest BCUT2D eigenvalue weighted by molar-refractivity contribution is 5.77. The molecule has 0 aliphatic heterocycles. The Bertz CT molecular complexity index is 269. The van der Waals surface area contributed by atoms with Gasteiger partial charge >= 0.3 is 0 Å². The van der Waals surface area contributed by atoms with E-state index in [0.717, 1.165) is 11.4 Å². The van der Waals surface area contributed by atoms with Crippen LogP contribution in [0.25, 0.3) is 0 Å². The fraction of sp³-hybridized carbons (Fsp3) is 0.538. The highest BCUT2D eigenvalue weighted by atomic mass is 16.1. The van der Waals surface area contributed by atoms with Crippen LogP contribution in [-0.4, -0.2) is 10.8 Å². The van der Waals surface area contributed by atoms with E-state index in [1.165, 1.54) is 0 Å². The number of ketones is 1. The van der Waals surface area contributed by atoms with E-state index in [9.17, 15) is 4.79 Å². The molecule has 1 aromatic rings. The van der Waals surface area contributed by atoms with E-state index in [0.29, 0.717) is 6.42 Å². The van der Waals surface area contributed by atoms with Crippen LogP contribution in [0.5, 0.6) is 0 Å². The van der Waals surface area contributed by atoms with E-state index >= 15 is 0 Å². The second-order valence-corrected chi connectivity index (χ2v) is 2.65. The lowest BCUT2D eigenvalue weighted by molar-refractivity contribution is -0.116. The van der Waals surface area contributed by atoms with Gasteiger partial charge in [0.25, 0.3) is 0 Å². The van der Waals surface area contributed by atoms with Gasteiger partial charge in [0.15, 0.2) is 0 Å². The zero-order valence-electron chi connectivity index (χ0n) is 10.8. The number of nitrogens with zero attached hydrogens (tertiary/aromatic N) is 1. The Hall–Kier alpha value is -1.18. The quantitative estimate of drug-likeness (QED) is 0.745. The maximum Gasteiger partial charge on any atom is 0.135 e. The first-order valence-corrected chi connectivity index (χ1v) is 5.60. The van der Waals surface area contributed by atoms with Crippen molar-refractivity contribution >= 4 is 5.78 Å². The zero-order chi connectivity index (χ0) is 12.3. The fourth-order valence-corrected chi connectivity index (χ4v) is 0.953. The molecular weight excluding hydrogens is 186 g/mol. The van der Waals surface area contributed by atoms with Crippen molar-refractivity contribution in [2.75, 3.05) is 0 Å². The molecule has 1 heterocycles. The summed E-state index contributed by atoms with van der Waals surface area (Å²) in [7, 11) is 0. The van der Waals surface area contributed by atoms with Crippen LogP contribution in [0.3, 0.4) is 0 Å². The van der Waals surface area contributed by atoms with Gasteiger partial charge in [-0.1, -0.05) is 33.8 Å². The fourth-order valence-electron chi connectivity index (χ4n) is 0.953. The molecule has 1 aromatic heterocycles. The molecule has 0 aliphatic rings. The largest absolute Gasteiger partial charge is 0.300 e. The Morgan fingerprint density at radius 3 is 2.13 bits per heavy atom. The van der Waals surface area contributed by atoms with Gasteiger partial charge in [0, 0.05) is 17.8 Å². The van der Waals surface area contributed by atoms with Gasteiger partial charge in [-0.15, -0.1) is 0 Å². The number of aryl methyl sites for hydroxylation is 1. The molecule has 0 atom stereocenters. The van der Waals surface area contributed by atoms with Gasteiger partial charge in [-0.2, -0.15) is 0 Å². The zero-order valence-corrected chi connectivity index (χ0v) is 10.8. The molecule has 0 unspecified atom stereocenters. The molecule has 0 saturated carbocycles. The van der Waals surface area contributed by atoms with Crippen LogP contribution in [0.2, 0.25) is 0 Å². The molecule has 0 spiro atoms. The molecule has 0 aromatic carbocycles. The Labute approximate surface area is 93.7 Å². The lowest BCUT2D eigenvalue weighted by Crippen LogP contribution is -1.99. The molecule has 0 bridgehead atoms. The van der Waals surface area contributed by atoms with Gasteiger partial charge in [-0.3, -0.25) is 9.78 Å². The third kappa shape index (κ3) is 9.13. The number of carbonyl (C=O) groups excluding carboxylic acids is 1. The summed E-state index contributed by atoms with van der Waals surface area (Å²) < 4.78 is 0. The van der Waals surface area contributed by atoms with Crippen molar-refractivity contribution in [3.63, 3.8) is 0 Å². The molecule has 0 saturated heterocycles. The summed E-state index contributed by atoms with van der Waals surface area (Å²) in [5.74, 6) is 0.156. The lowest BCUT2D eigenvalue weighted by atomic mass is 10.2. The van der Waals surface area contributed by atoms with E-state index in [1.54, 1.807) is 6.92 Å². The van der Waals surface area contributed by atoms with Crippen LogP contribution in [-0.2, 0) is 11.2 Å². The summed E-state index contributed by atoms with van der Waals surface area (Å²) in [6.45, 7) is 11.5. The number of hydrogen-bond donors (Lipinski definition) is 0. The first-order chi connectivity index (χ1) is 7.18. The number of carbonyl (C=O) groups is 1. The Morgan fingerprint density at radius 1 is 1.20 bits per heavy atom. The molecule has 0 fully saturated rings. The average molecular weight is 209 g/mol. The van der Waals surface area contributed by atoms with Crippen LogP contribution in [0.1, 0.15) is 46.0 Å².